The third kappa shape index (κ3) is 1.77. The van der Waals surface area contributed by atoms with Crippen molar-refractivity contribution in [2.24, 2.45) is 0 Å². The molecule has 0 atom stereocenters. The van der Waals surface area contributed by atoms with Gasteiger partial charge in [0.05, 0.1) is 27.0 Å². The van der Waals surface area contributed by atoms with E-state index in [2.05, 4.69) is 0 Å². The summed E-state index contributed by atoms with van der Waals surface area (Å²) in [6.45, 7) is 0. The summed E-state index contributed by atoms with van der Waals surface area (Å²) in [5.41, 5.74) is 6.20. The molecule has 2 N–H and O–H groups in total. The second-order valence-corrected chi connectivity index (χ2v) is 2.45. The quantitative estimate of drug-likeness (QED) is 0.717. The van der Waals surface area contributed by atoms with Crippen LogP contribution >= 0.6 is 0 Å². The molecular weight excluding hydrogens is 170 g/mol. The number of nitrogen functional groups attached to an aromatic ring is 1. The van der Waals surface area contributed by atoms with Gasteiger partial charge in [0.1, 0.15) is 5.75 Å². The van der Waals surface area contributed by atoms with Crippen molar-refractivity contribution in [1.29, 1.82) is 0 Å². The number of anilines is 1. The Kier molecular flexibility index (Phi) is 2.84. The Morgan fingerprint density at radius 2 is 1.31 bits per heavy atom. The van der Waals surface area contributed by atoms with Gasteiger partial charge in [0, 0.05) is 12.1 Å². The molecular formula is C9H13NO3. The van der Waals surface area contributed by atoms with Gasteiger partial charge >= 0.3 is 0 Å². The maximum absolute atomic E-state index is 5.67. The van der Waals surface area contributed by atoms with Gasteiger partial charge in [0.15, 0.2) is 11.5 Å². The van der Waals surface area contributed by atoms with Gasteiger partial charge in [-0.15, -0.1) is 0 Å². The van der Waals surface area contributed by atoms with Crippen molar-refractivity contribution in [3.05, 3.63) is 12.1 Å². The highest BCUT2D eigenvalue weighted by atomic mass is 16.5. The summed E-state index contributed by atoms with van der Waals surface area (Å²) in [4.78, 5) is 0. The third-order valence-corrected chi connectivity index (χ3v) is 1.74. The van der Waals surface area contributed by atoms with Gasteiger partial charge in [-0.25, -0.2) is 0 Å². The molecule has 0 unspecified atom stereocenters. The van der Waals surface area contributed by atoms with Crippen LogP contribution in [0.25, 0.3) is 0 Å². The van der Waals surface area contributed by atoms with E-state index in [0.29, 0.717) is 22.9 Å². The molecule has 1 rings (SSSR count). The summed E-state index contributed by atoms with van der Waals surface area (Å²) < 4.78 is 15.2. The van der Waals surface area contributed by atoms with Crippen molar-refractivity contribution in [3.63, 3.8) is 0 Å². The summed E-state index contributed by atoms with van der Waals surface area (Å²) in [6.07, 6.45) is 0. The smallest absolute Gasteiger partial charge is 0.164 e. The van der Waals surface area contributed by atoms with E-state index in [1.165, 1.54) is 0 Å². The molecule has 0 fully saturated rings. The molecule has 0 radical (unpaired) electrons. The first-order chi connectivity index (χ1) is 6.22. The standard InChI is InChI=1S/C9H13NO3/c1-11-7-5-9(13-3)8(12-2)4-6(7)10/h4-5H,10H2,1-3H3. The fraction of sp³-hybridized carbons (Fsp3) is 0.333. The van der Waals surface area contributed by atoms with E-state index in [-0.39, 0.29) is 0 Å². The molecule has 0 aromatic heterocycles. The largest absolute Gasteiger partial charge is 0.494 e. The van der Waals surface area contributed by atoms with Gasteiger partial charge in [0.2, 0.25) is 0 Å². The van der Waals surface area contributed by atoms with Crippen LogP contribution in [0.4, 0.5) is 5.69 Å². The van der Waals surface area contributed by atoms with Gasteiger partial charge in [-0.3, -0.25) is 0 Å². The van der Waals surface area contributed by atoms with Gasteiger partial charge in [-0.2, -0.15) is 0 Å². The first-order valence-electron chi connectivity index (χ1n) is 3.78. The van der Waals surface area contributed by atoms with Crippen LogP contribution in [0.15, 0.2) is 12.1 Å². The lowest BCUT2D eigenvalue weighted by Crippen LogP contribution is -1.96. The lowest BCUT2D eigenvalue weighted by atomic mass is 10.2. The average molecular weight is 183 g/mol. The molecule has 72 valence electrons. The number of rotatable bonds is 3. The molecule has 0 saturated heterocycles. The van der Waals surface area contributed by atoms with E-state index in [9.17, 15) is 0 Å². The lowest BCUT2D eigenvalue weighted by molar-refractivity contribution is 0.349. The predicted octanol–water partition coefficient (Wildman–Crippen LogP) is 1.29. The van der Waals surface area contributed by atoms with E-state index in [4.69, 9.17) is 19.9 Å². The Balaban J connectivity index is 3.18. The molecule has 0 aliphatic carbocycles. The molecule has 0 bridgehead atoms. The second-order valence-electron chi connectivity index (χ2n) is 2.45. The molecule has 4 heteroatoms. The average Bonchev–Trinajstić information content (AvgIpc) is 2.17. The normalized spacial score (nSPS) is 9.46. The molecule has 0 amide bonds. The minimum atomic E-state index is 0.528. The highest BCUT2D eigenvalue weighted by molar-refractivity contribution is 5.61. The highest BCUT2D eigenvalue weighted by Gasteiger charge is 2.08. The number of hydrogen-bond acceptors (Lipinski definition) is 4. The Morgan fingerprint density at radius 3 is 1.77 bits per heavy atom. The number of methoxy groups -OCH3 is 3. The number of benzene rings is 1. The van der Waals surface area contributed by atoms with Crippen LogP contribution in [0, 0.1) is 0 Å². The maximum Gasteiger partial charge on any atom is 0.164 e. The first kappa shape index (κ1) is 9.51. The van der Waals surface area contributed by atoms with Crippen LogP contribution in [0.1, 0.15) is 0 Å². The topological polar surface area (TPSA) is 53.7 Å². The van der Waals surface area contributed by atoms with E-state index in [1.807, 2.05) is 0 Å². The predicted molar refractivity (Wildman–Crippen MR) is 50.5 cm³/mol. The Labute approximate surface area is 77.2 Å². The minimum Gasteiger partial charge on any atom is -0.494 e. The summed E-state index contributed by atoms with van der Waals surface area (Å²) in [7, 11) is 4.68. The Bertz CT molecular complexity index is 299. The van der Waals surface area contributed by atoms with Crippen molar-refractivity contribution in [2.45, 2.75) is 0 Å². The van der Waals surface area contributed by atoms with Gasteiger partial charge < -0.3 is 19.9 Å². The zero-order valence-corrected chi connectivity index (χ0v) is 7.96. The molecule has 1 aromatic carbocycles. The summed E-state index contributed by atoms with van der Waals surface area (Å²) in [5, 5.41) is 0. The van der Waals surface area contributed by atoms with Crippen molar-refractivity contribution in [1.82, 2.24) is 0 Å². The Morgan fingerprint density at radius 1 is 0.846 bits per heavy atom. The van der Waals surface area contributed by atoms with Crippen LogP contribution in [0.3, 0.4) is 0 Å². The fourth-order valence-corrected chi connectivity index (χ4v) is 1.05. The van der Waals surface area contributed by atoms with Gasteiger partial charge in [-0.05, 0) is 0 Å². The number of hydrogen-bond donors (Lipinski definition) is 1. The van der Waals surface area contributed by atoms with E-state index in [1.54, 1.807) is 33.5 Å². The third-order valence-electron chi connectivity index (χ3n) is 1.74. The molecule has 13 heavy (non-hydrogen) atoms. The maximum atomic E-state index is 5.67. The van der Waals surface area contributed by atoms with Crippen molar-refractivity contribution < 1.29 is 14.2 Å². The zero-order valence-electron chi connectivity index (χ0n) is 7.96. The first-order valence-corrected chi connectivity index (χ1v) is 3.78. The van der Waals surface area contributed by atoms with E-state index < -0.39 is 0 Å². The van der Waals surface area contributed by atoms with E-state index >= 15 is 0 Å². The molecule has 0 aliphatic rings. The van der Waals surface area contributed by atoms with Crippen molar-refractivity contribution in [3.8, 4) is 17.2 Å². The minimum absolute atomic E-state index is 0.528. The summed E-state index contributed by atoms with van der Waals surface area (Å²) >= 11 is 0. The monoisotopic (exact) mass is 183 g/mol. The molecule has 0 aliphatic heterocycles. The summed E-state index contributed by atoms with van der Waals surface area (Å²) in [6, 6.07) is 3.35. The zero-order chi connectivity index (χ0) is 9.84. The van der Waals surface area contributed by atoms with Gasteiger partial charge in [-0.1, -0.05) is 0 Å². The molecule has 4 nitrogen and oxygen atoms in total. The van der Waals surface area contributed by atoms with Crippen molar-refractivity contribution >= 4 is 5.69 Å². The second kappa shape index (κ2) is 3.89. The van der Waals surface area contributed by atoms with Crippen LogP contribution < -0.4 is 19.9 Å². The van der Waals surface area contributed by atoms with E-state index in [0.717, 1.165) is 0 Å². The molecule has 0 saturated carbocycles. The lowest BCUT2D eigenvalue weighted by Gasteiger charge is -2.11. The number of nitrogens with two attached hydrogens (primary N) is 1. The highest BCUT2D eigenvalue weighted by Crippen LogP contribution is 2.35. The fourth-order valence-electron chi connectivity index (χ4n) is 1.05. The molecule has 0 heterocycles. The Hall–Kier alpha value is -1.58. The van der Waals surface area contributed by atoms with Crippen LogP contribution in [0.5, 0.6) is 17.2 Å². The van der Waals surface area contributed by atoms with Gasteiger partial charge in [0.25, 0.3) is 0 Å². The number of ether oxygens (including phenoxy) is 3. The SMILES string of the molecule is COc1cc(OC)c(OC)cc1N. The van der Waals surface area contributed by atoms with Crippen LogP contribution in [-0.4, -0.2) is 21.3 Å². The van der Waals surface area contributed by atoms with Crippen LogP contribution in [-0.2, 0) is 0 Å². The molecule has 0 spiro atoms. The molecule has 1 aromatic rings. The van der Waals surface area contributed by atoms with Crippen molar-refractivity contribution in [2.75, 3.05) is 27.1 Å². The van der Waals surface area contributed by atoms with Crippen LogP contribution in [0.2, 0.25) is 0 Å². The summed E-state index contributed by atoms with van der Waals surface area (Å²) in [5.74, 6) is 1.78.